The highest BCUT2D eigenvalue weighted by molar-refractivity contribution is 7.89. The van der Waals surface area contributed by atoms with Gasteiger partial charge in [0.1, 0.15) is 5.60 Å². The molecule has 3 rings (SSSR count). The highest BCUT2D eigenvalue weighted by atomic mass is 32.2. The molecule has 33 heavy (non-hydrogen) atoms. The van der Waals surface area contributed by atoms with Crippen LogP contribution in [0.2, 0.25) is 0 Å². The SMILES string of the molecule is C[C@H]1CN(S(=O)(=O)c2cccc3cncc(C(F)(F)F)c23)CCCCN1C(=O)OC(C)(C)C. The third kappa shape index (κ3) is 5.57. The van der Waals surface area contributed by atoms with Gasteiger partial charge in [-0.15, -0.1) is 0 Å². The third-order valence-corrected chi connectivity index (χ3v) is 7.26. The fourth-order valence-electron chi connectivity index (χ4n) is 3.85. The second-order valence-corrected chi connectivity index (χ2v) is 11.0. The zero-order valence-electron chi connectivity index (χ0n) is 19.0. The molecule has 1 fully saturated rings. The smallest absolute Gasteiger partial charge is 0.418 e. The Labute approximate surface area is 191 Å². The van der Waals surface area contributed by atoms with Gasteiger partial charge in [0.2, 0.25) is 10.0 Å². The predicted molar refractivity (Wildman–Crippen MR) is 117 cm³/mol. The maximum Gasteiger partial charge on any atom is 0.418 e. The number of carbonyl (C=O) groups excluding carboxylic acids is 1. The van der Waals surface area contributed by atoms with E-state index in [0.717, 1.165) is 4.31 Å². The average molecular weight is 488 g/mol. The number of aromatic nitrogens is 1. The zero-order chi connectivity index (χ0) is 24.6. The van der Waals surface area contributed by atoms with Crippen molar-refractivity contribution in [2.24, 2.45) is 0 Å². The number of alkyl halides is 3. The quantitative estimate of drug-likeness (QED) is 0.615. The van der Waals surface area contributed by atoms with E-state index in [2.05, 4.69) is 4.98 Å². The Kier molecular flexibility index (Phi) is 6.95. The number of halogens is 3. The van der Waals surface area contributed by atoms with Crippen molar-refractivity contribution in [3.63, 3.8) is 0 Å². The number of sulfonamides is 1. The van der Waals surface area contributed by atoms with Crippen LogP contribution in [-0.4, -0.2) is 60.0 Å². The first-order valence-electron chi connectivity index (χ1n) is 10.7. The van der Waals surface area contributed by atoms with Gasteiger partial charge in [-0.05, 0) is 46.6 Å². The van der Waals surface area contributed by atoms with E-state index in [1.807, 2.05) is 0 Å². The summed E-state index contributed by atoms with van der Waals surface area (Å²) in [6.45, 7) is 7.40. The summed E-state index contributed by atoms with van der Waals surface area (Å²) < 4.78 is 74.8. The van der Waals surface area contributed by atoms with E-state index in [1.165, 1.54) is 29.3 Å². The minimum Gasteiger partial charge on any atom is -0.444 e. The van der Waals surface area contributed by atoms with Gasteiger partial charge < -0.3 is 9.64 Å². The molecule has 0 aliphatic carbocycles. The van der Waals surface area contributed by atoms with Gasteiger partial charge in [-0.1, -0.05) is 12.1 Å². The second kappa shape index (κ2) is 9.09. The number of hydrogen-bond acceptors (Lipinski definition) is 5. The molecule has 1 aliphatic rings. The van der Waals surface area contributed by atoms with E-state index in [9.17, 15) is 26.4 Å². The van der Waals surface area contributed by atoms with Gasteiger partial charge in [-0.3, -0.25) is 4.98 Å². The van der Waals surface area contributed by atoms with Crippen molar-refractivity contribution >= 4 is 26.9 Å². The topological polar surface area (TPSA) is 79.8 Å². The van der Waals surface area contributed by atoms with E-state index in [4.69, 9.17) is 4.74 Å². The Morgan fingerprint density at radius 3 is 2.42 bits per heavy atom. The fourth-order valence-corrected chi connectivity index (χ4v) is 5.65. The summed E-state index contributed by atoms with van der Waals surface area (Å²) in [7, 11) is -4.30. The number of carbonyl (C=O) groups is 1. The summed E-state index contributed by atoms with van der Waals surface area (Å²) in [5.74, 6) is 0. The summed E-state index contributed by atoms with van der Waals surface area (Å²) in [4.78, 5) is 17.3. The molecule has 182 valence electrons. The van der Waals surface area contributed by atoms with E-state index in [-0.39, 0.29) is 18.5 Å². The first-order chi connectivity index (χ1) is 15.2. The van der Waals surface area contributed by atoms with Crippen molar-refractivity contribution < 1.29 is 31.1 Å². The normalized spacial score (nSPS) is 19.2. The summed E-state index contributed by atoms with van der Waals surface area (Å²) in [5.41, 5.74) is -1.81. The van der Waals surface area contributed by atoms with Gasteiger partial charge in [-0.2, -0.15) is 17.5 Å². The Balaban J connectivity index is 2.01. The molecule has 0 bridgehead atoms. The maximum absolute atomic E-state index is 13.7. The fraction of sp³-hybridized carbons (Fsp3) is 0.545. The highest BCUT2D eigenvalue weighted by Crippen LogP contribution is 2.38. The molecule has 1 saturated heterocycles. The lowest BCUT2D eigenvalue weighted by atomic mass is 10.1. The largest absolute Gasteiger partial charge is 0.444 e. The molecule has 1 amide bonds. The first-order valence-corrected chi connectivity index (χ1v) is 12.1. The van der Waals surface area contributed by atoms with Gasteiger partial charge in [0.05, 0.1) is 10.5 Å². The number of benzene rings is 1. The minimum atomic E-state index is -4.77. The Bertz CT molecular complexity index is 1120. The Hall–Kier alpha value is -2.40. The van der Waals surface area contributed by atoms with Crippen LogP contribution in [0.5, 0.6) is 0 Å². The first kappa shape index (κ1) is 25.2. The summed E-state index contributed by atoms with van der Waals surface area (Å²) in [6, 6.07) is 3.45. The molecular formula is C22H28F3N3O4S. The predicted octanol–water partition coefficient (Wildman–Crippen LogP) is 4.66. The van der Waals surface area contributed by atoms with E-state index >= 15 is 0 Å². The van der Waals surface area contributed by atoms with Gasteiger partial charge in [0, 0.05) is 48.8 Å². The molecule has 11 heteroatoms. The summed E-state index contributed by atoms with van der Waals surface area (Å²) in [6.07, 6.45) is -2.49. The lowest BCUT2D eigenvalue weighted by Crippen LogP contribution is -2.50. The molecule has 1 atom stereocenters. The van der Waals surface area contributed by atoms with E-state index in [1.54, 1.807) is 27.7 Å². The van der Waals surface area contributed by atoms with Gasteiger partial charge in [0.25, 0.3) is 0 Å². The van der Waals surface area contributed by atoms with Crippen molar-refractivity contribution in [1.82, 2.24) is 14.2 Å². The standard InChI is InChI=1S/C22H28F3N3O4S/c1-15-14-27(10-5-6-11-28(15)20(29)32-21(2,3)4)33(30,31)18-9-7-8-16-12-26-13-17(19(16)18)22(23,24)25/h7-9,12-13,15H,5-6,10-11,14H2,1-4H3/t15-/m0/s1. The van der Waals surface area contributed by atoms with Gasteiger partial charge >= 0.3 is 12.3 Å². The number of rotatable bonds is 2. The van der Waals surface area contributed by atoms with Crippen LogP contribution in [0, 0.1) is 0 Å². The molecule has 1 aromatic heterocycles. The number of amides is 1. The van der Waals surface area contributed by atoms with Crippen molar-refractivity contribution in [3.8, 4) is 0 Å². The minimum absolute atomic E-state index is 0.0651. The Morgan fingerprint density at radius 1 is 1.12 bits per heavy atom. The van der Waals surface area contributed by atoms with Crippen LogP contribution in [0.15, 0.2) is 35.5 Å². The molecule has 0 spiro atoms. The molecule has 0 saturated carbocycles. The maximum atomic E-state index is 13.7. The monoisotopic (exact) mass is 487 g/mol. The molecule has 2 aromatic rings. The van der Waals surface area contributed by atoms with Crippen molar-refractivity contribution in [3.05, 3.63) is 36.2 Å². The van der Waals surface area contributed by atoms with Crippen LogP contribution in [0.25, 0.3) is 10.8 Å². The van der Waals surface area contributed by atoms with E-state index < -0.39 is 49.8 Å². The molecule has 2 heterocycles. The molecule has 7 nitrogen and oxygen atoms in total. The molecule has 0 radical (unpaired) electrons. The number of nitrogens with zero attached hydrogens (tertiary/aromatic N) is 3. The van der Waals surface area contributed by atoms with Crippen LogP contribution < -0.4 is 0 Å². The average Bonchev–Trinajstić information content (AvgIpc) is 2.67. The van der Waals surface area contributed by atoms with Crippen molar-refractivity contribution in [1.29, 1.82) is 0 Å². The van der Waals surface area contributed by atoms with Crippen LogP contribution in [0.3, 0.4) is 0 Å². The number of fused-ring (bicyclic) bond motifs is 1. The summed E-state index contributed by atoms with van der Waals surface area (Å²) >= 11 is 0. The second-order valence-electron chi connectivity index (χ2n) is 9.13. The third-order valence-electron chi connectivity index (χ3n) is 5.35. The summed E-state index contributed by atoms with van der Waals surface area (Å²) in [5, 5.41) is -0.319. The van der Waals surface area contributed by atoms with Crippen LogP contribution >= 0.6 is 0 Å². The number of pyridine rings is 1. The van der Waals surface area contributed by atoms with Gasteiger partial charge in [-0.25, -0.2) is 13.2 Å². The molecular weight excluding hydrogens is 459 g/mol. The van der Waals surface area contributed by atoms with Crippen molar-refractivity contribution in [2.45, 2.75) is 63.3 Å². The van der Waals surface area contributed by atoms with Crippen molar-refractivity contribution in [2.75, 3.05) is 19.6 Å². The highest BCUT2D eigenvalue weighted by Gasteiger charge is 2.38. The lowest BCUT2D eigenvalue weighted by molar-refractivity contribution is -0.136. The molecule has 1 aromatic carbocycles. The zero-order valence-corrected chi connectivity index (χ0v) is 19.8. The van der Waals surface area contributed by atoms with Crippen LogP contribution in [0.1, 0.15) is 46.1 Å². The van der Waals surface area contributed by atoms with Crippen LogP contribution in [0.4, 0.5) is 18.0 Å². The van der Waals surface area contributed by atoms with Crippen LogP contribution in [-0.2, 0) is 20.9 Å². The number of ether oxygens (including phenoxy) is 1. The van der Waals surface area contributed by atoms with E-state index in [0.29, 0.717) is 25.6 Å². The molecule has 0 N–H and O–H groups in total. The number of hydrogen-bond donors (Lipinski definition) is 0. The van der Waals surface area contributed by atoms with Gasteiger partial charge in [0.15, 0.2) is 0 Å². The molecule has 0 unspecified atom stereocenters. The molecule has 1 aliphatic heterocycles. The Morgan fingerprint density at radius 2 is 1.79 bits per heavy atom. The lowest BCUT2D eigenvalue weighted by Gasteiger charge is -2.36.